The van der Waals surface area contributed by atoms with Gasteiger partial charge in [0.05, 0.1) is 6.33 Å². The third-order valence-electron chi connectivity index (χ3n) is 4.91. The van der Waals surface area contributed by atoms with Crippen molar-refractivity contribution < 1.29 is 9.53 Å². The summed E-state index contributed by atoms with van der Waals surface area (Å²) >= 11 is 0. The van der Waals surface area contributed by atoms with E-state index in [0.717, 1.165) is 29.6 Å². The van der Waals surface area contributed by atoms with Crippen molar-refractivity contribution in [2.75, 3.05) is 18.9 Å². The Morgan fingerprint density at radius 2 is 1.90 bits per heavy atom. The third-order valence-corrected chi connectivity index (χ3v) is 4.91. The maximum Gasteiger partial charge on any atom is 0.251 e. The summed E-state index contributed by atoms with van der Waals surface area (Å²) in [5.74, 6) is 0.416. The number of nitrogens with zero attached hydrogens (tertiary/aromatic N) is 3. The van der Waals surface area contributed by atoms with E-state index in [-0.39, 0.29) is 11.9 Å². The number of fused-ring (bicyclic) bond motifs is 1. The molecule has 0 fully saturated rings. The fourth-order valence-corrected chi connectivity index (χ4v) is 3.17. The van der Waals surface area contributed by atoms with E-state index in [1.165, 1.54) is 6.33 Å². The number of nitrogens with two attached hydrogens (primary N) is 2. The number of ether oxygens (including phenoxy) is 1. The van der Waals surface area contributed by atoms with Gasteiger partial charge in [0.15, 0.2) is 5.65 Å². The zero-order valence-corrected chi connectivity index (χ0v) is 16.4. The van der Waals surface area contributed by atoms with Crippen LogP contribution in [0, 0.1) is 0 Å². The Hall–Kier alpha value is -3.72. The second-order valence-corrected chi connectivity index (χ2v) is 7.01. The first-order valence-corrected chi connectivity index (χ1v) is 9.66. The van der Waals surface area contributed by atoms with Gasteiger partial charge >= 0.3 is 0 Å². The Bertz CT molecular complexity index is 1120. The molecule has 0 radical (unpaired) electrons. The predicted octanol–water partition coefficient (Wildman–Crippen LogP) is 1.85. The molecule has 0 aliphatic heterocycles. The minimum absolute atomic E-state index is 0.0949. The summed E-state index contributed by atoms with van der Waals surface area (Å²) in [5.41, 5.74) is 16.3. The number of amides is 1. The van der Waals surface area contributed by atoms with Gasteiger partial charge in [-0.1, -0.05) is 29.9 Å². The van der Waals surface area contributed by atoms with Crippen LogP contribution in [0.5, 0.6) is 5.88 Å². The van der Waals surface area contributed by atoms with E-state index in [4.69, 9.17) is 16.2 Å². The number of nitrogen functional groups attached to an aromatic ring is 1. The number of imidazole rings is 1. The smallest absolute Gasteiger partial charge is 0.251 e. The molecule has 2 aromatic heterocycles. The summed E-state index contributed by atoms with van der Waals surface area (Å²) in [5, 5.41) is 2.96. The number of anilines is 1. The van der Waals surface area contributed by atoms with E-state index in [9.17, 15) is 4.79 Å². The predicted molar refractivity (Wildman–Crippen MR) is 114 cm³/mol. The zero-order valence-electron chi connectivity index (χ0n) is 16.4. The summed E-state index contributed by atoms with van der Waals surface area (Å²) in [4.78, 5) is 27.5. The summed E-state index contributed by atoms with van der Waals surface area (Å²) in [6, 6.07) is 7.32. The molecule has 6 N–H and O–H groups in total. The second kappa shape index (κ2) is 8.75. The highest BCUT2D eigenvalue weighted by Gasteiger charge is 2.13. The van der Waals surface area contributed by atoms with Crippen LogP contribution in [-0.4, -0.2) is 39.0 Å². The lowest BCUT2D eigenvalue weighted by Crippen LogP contribution is -2.26. The van der Waals surface area contributed by atoms with Gasteiger partial charge in [-0.2, -0.15) is 9.97 Å². The third kappa shape index (κ3) is 4.47. The molecule has 30 heavy (non-hydrogen) atoms. The van der Waals surface area contributed by atoms with E-state index in [1.807, 2.05) is 24.3 Å². The van der Waals surface area contributed by atoms with Crippen LogP contribution in [0.4, 0.5) is 5.95 Å². The summed E-state index contributed by atoms with van der Waals surface area (Å²) in [7, 11) is 0. The molecule has 0 saturated heterocycles. The molecule has 1 amide bonds. The van der Waals surface area contributed by atoms with Crippen LogP contribution < -0.4 is 21.5 Å². The van der Waals surface area contributed by atoms with Crippen LogP contribution in [0.3, 0.4) is 0 Å². The normalized spacial score (nSPS) is 13.6. The van der Waals surface area contributed by atoms with Crippen LogP contribution in [-0.2, 0) is 6.54 Å². The highest BCUT2D eigenvalue weighted by molar-refractivity contribution is 5.94. The Morgan fingerprint density at radius 1 is 1.13 bits per heavy atom. The number of H-pyrrole nitrogens is 1. The largest absolute Gasteiger partial charge is 0.471 e. The molecule has 0 atom stereocenters. The van der Waals surface area contributed by atoms with Gasteiger partial charge in [0.2, 0.25) is 11.8 Å². The van der Waals surface area contributed by atoms with Crippen molar-refractivity contribution in [1.82, 2.24) is 25.3 Å². The first-order chi connectivity index (χ1) is 14.6. The fraction of sp³-hybridized carbons (Fsp3) is 0.238. The number of allylic oxidation sites excluding steroid dienone is 2. The lowest BCUT2D eigenvalue weighted by atomic mass is 9.99. The molecule has 0 unspecified atom stereocenters. The van der Waals surface area contributed by atoms with Gasteiger partial charge in [-0.3, -0.25) is 4.79 Å². The Balaban J connectivity index is 1.31. The molecule has 1 aliphatic carbocycles. The van der Waals surface area contributed by atoms with Crippen molar-refractivity contribution in [2.24, 2.45) is 5.73 Å². The minimum Gasteiger partial charge on any atom is -0.471 e. The summed E-state index contributed by atoms with van der Waals surface area (Å²) in [6.45, 7) is 1.37. The average molecular weight is 405 g/mol. The number of carbonyl (C=O) groups is 1. The van der Waals surface area contributed by atoms with Gasteiger partial charge in [-0.25, -0.2) is 4.98 Å². The number of aromatic nitrogens is 4. The van der Waals surface area contributed by atoms with Gasteiger partial charge < -0.3 is 26.5 Å². The quantitative estimate of drug-likeness (QED) is 0.469. The zero-order chi connectivity index (χ0) is 20.9. The van der Waals surface area contributed by atoms with Crippen LogP contribution in [0.15, 0.2) is 53.9 Å². The Kier molecular flexibility index (Phi) is 5.71. The summed E-state index contributed by atoms with van der Waals surface area (Å²) < 4.78 is 5.83. The lowest BCUT2D eigenvalue weighted by Gasteiger charge is -2.16. The molecule has 0 saturated carbocycles. The number of rotatable bonds is 7. The molecule has 1 aliphatic rings. The number of benzene rings is 1. The van der Waals surface area contributed by atoms with Crippen molar-refractivity contribution in [1.29, 1.82) is 0 Å². The van der Waals surface area contributed by atoms with Crippen LogP contribution >= 0.6 is 0 Å². The van der Waals surface area contributed by atoms with E-state index in [2.05, 4.69) is 25.3 Å². The highest BCUT2D eigenvalue weighted by atomic mass is 16.5. The Morgan fingerprint density at radius 3 is 2.63 bits per heavy atom. The molecular weight excluding hydrogens is 382 g/mol. The van der Waals surface area contributed by atoms with E-state index in [0.29, 0.717) is 42.3 Å². The van der Waals surface area contributed by atoms with Crippen molar-refractivity contribution in [2.45, 2.75) is 19.4 Å². The van der Waals surface area contributed by atoms with Crippen molar-refractivity contribution >= 4 is 23.0 Å². The van der Waals surface area contributed by atoms with E-state index >= 15 is 0 Å². The van der Waals surface area contributed by atoms with Crippen LogP contribution in [0.2, 0.25) is 0 Å². The average Bonchev–Trinajstić information content (AvgIpc) is 3.25. The number of hydrogen-bond donors (Lipinski definition) is 4. The fourth-order valence-electron chi connectivity index (χ4n) is 3.17. The van der Waals surface area contributed by atoms with Gasteiger partial charge in [0, 0.05) is 18.7 Å². The second-order valence-electron chi connectivity index (χ2n) is 7.01. The standard InChI is InChI=1S/C21H23N7O2/c22-9-13-5-7-16(8-6-13)19(29)24-10-14-1-3-15(4-2-14)11-30-20-17-18(26-12-25-17)27-21(23)28-20/h1,3,5-8,12H,2,4,9-11,22H2,(H,24,29)(H3,23,25,26,27,28). The topological polar surface area (TPSA) is 145 Å². The summed E-state index contributed by atoms with van der Waals surface area (Å²) in [6.07, 6.45) is 7.28. The molecule has 0 spiro atoms. The molecule has 9 heteroatoms. The molecule has 3 aromatic rings. The number of carbonyl (C=O) groups excluding carboxylic acids is 1. The molecule has 0 bridgehead atoms. The van der Waals surface area contributed by atoms with Crippen molar-refractivity contribution in [3.05, 3.63) is 65.0 Å². The first kappa shape index (κ1) is 19.6. The maximum atomic E-state index is 12.3. The molecule has 1 aromatic carbocycles. The number of nitrogens with one attached hydrogen (secondary N) is 2. The van der Waals surface area contributed by atoms with Gasteiger partial charge in [0.1, 0.15) is 12.1 Å². The van der Waals surface area contributed by atoms with Gasteiger partial charge in [-0.05, 0) is 36.1 Å². The lowest BCUT2D eigenvalue weighted by molar-refractivity contribution is 0.0956. The molecular formula is C21H23N7O2. The van der Waals surface area contributed by atoms with Gasteiger partial charge in [-0.15, -0.1) is 0 Å². The minimum atomic E-state index is -0.0949. The number of hydrogen-bond acceptors (Lipinski definition) is 7. The van der Waals surface area contributed by atoms with Crippen molar-refractivity contribution in [3.8, 4) is 5.88 Å². The highest BCUT2D eigenvalue weighted by Crippen LogP contribution is 2.23. The first-order valence-electron chi connectivity index (χ1n) is 9.66. The maximum absolute atomic E-state index is 12.3. The van der Waals surface area contributed by atoms with Crippen molar-refractivity contribution in [3.63, 3.8) is 0 Å². The van der Waals surface area contributed by atoms with Crippen LogP contribution in [0.25, 0.3) is 11.2 Å². The SMILES string of the molecule is NCc1ccc(C(=O)NCC2=CC=C(COc3nc(N)nc4nc[nH]c34)CC2)cc1. The van der Waals surface area contributed by atoms with E-state index < -0.39 is 0 Å². The van der Waals surface area contributed by atoms with Gasteiger partial charge in [0.25, 0.3) is 5.91 Å². The number of aromatic amines is 1. The molecule has 154 valence electrons. The monoisotopic (exact) mass is 405 g/mol. The van der Waals surface area contributed by atoms with E-state index in [1.54, 1.807) is 12.1 Å². The molecule has 2 heterocycles. The molecule has 9 nitrogen and oxygen atoms in total. The Labute approximate surface area is 173 Å². The molecule has 4 rings (SSSR count). The van der Waals surface area contributed by atoms with Crippen LogP contribution in [0.1, 0.15) is 28.8 Å².